The average molecular weight is 267 g/mol. The monoisotopic (exact) mass is 267 g/mol. The van der Waals surface area contributed by atoms with E-state index in [-0.39, 0.29) is 0 Å². The molecule has 0 aliphatic rings. The summed E-state index contributed by atoms with van der Waals surface area (Å²) in [5, 5.41) is 9.28. The Morgan fingerprint density at radius 1 is 1.47 bits per heavy atom. The summed E-state index contributed by atoms with van der Waals surface area (Å²) < 4.78 is 2.81. The van der Waals surface area contributed by atoms with Crippen LogP contribution in [0.4, 0.5) is 0 Å². The number of H-pyrrole nitrogens is 1. The topological polar surface area (TPSA) is 33.6 Å². The van der Waals surface area contributed by atoms with Crippen molar-refractivity contribution in [2.24, 2.45) is 11.8 Å². The SMILES string of the molecule is CC(C)C(C)Cn1c(-c2cccs2)n[nH]c1=S. The van der Waals surface area contributed by atoms with Gasteiger partial charge in [-0.05, 0) is 35.5 Å². The highest BCUT2D eigenvalue weighted by Crippen LogP contribution is 2.24. The molecule has 0 aliphatic heterocycles. The Morgan fingerprint density at radius 3 is 2.82 bits per heavy atom. The Morgan fingerprint density at radius 2 is 2.24 bits per heavy atom. The molecule has 2 rings (SSSR count). The van der Waals surface area contributed by atoms with E-state index in [2.05, 4.69) is 47.0 Å². The number of hydrogen-bond donors (Lipinski definition) is 1. The van der Waals surface area contributed by atoms with Crippen molar-refractivity contribution in [3.05, 3.63) is 22.3 Å². The summed E-state index contributed by atoms with van der Waals surface area (Å²) in [5.41, 5.74) is 0. The zero-order valence-corrected chi connectivity index (χ0v) is 11.9. The molecule has 0 saturated carbocycles. The Labute approximate surface area is 111 Å². The van der Waals surface area contributed by atoms with E-state index in [1.54, 1.807) is 11.3 Å². The minimum Gasteiger partial charge on any atom is -0.299 e. The van der Waals surface area contributed by atoms with Crippen LogP contribution in [0, 0.1) is 16.6 Å². The van der Waals surface area contributed by atoms with Crippen LogP contribution in [0.1, 0.15) is 20.8 Å². The van der Waals surface area contributed by atoms with Crippen molar-refractivity contribution >= 4 is 23.6 Å². The smallest absolute Gasteiger partial charge is 0.195 e. The van der Waals surface area contributed by atoms with Crippen molar-refractivity contribution < 1.29 is 0 Å². The van der Waals surface area contributed by atoms with E-state index < -0.39 is 0 Å². The molecular weight excluding hydrogens is 250 g/mol. The fourth-order valence-corrected chi connectivity index (χ4v) is 2.51. The molecule has 0 fully saturated rings. The molecule has 1 unspecified atom stereocenters. The third-order valence-electron chi connectivity index (χ3n) is 3.11. The van der Waals surface area contributed by atoms with E-state index in [1.165, 1.54) is 0 Å². The molecule has 0 aromatic carbocycles. The molecular formula is C12H17N3S2. The van der Waals surface area contributed by atoms with Crippen LogP contribution in [0.3, 0.4) is 0 Å². The molecule has 0 bridgehead atoms. The van der Waals surface area contributed by atoms with Gasteiger partial charge in [-0.2, -0.15) is 5.10 Å². The molecule has 1 N–H and O–H groups in total. The van der Waals surface area contributed by atoms with Crippen LogP contribution in [0.5, 0.6) is 0 Å². The number of nitrogens with zero attached hydrogens (tertiary/aromatic N) is 2. The lowest BCUT2D eigenvalue weighted by atomic mass is 9.98. The molecule has 0 saturated heterocycles. The highest BCUT2D eigenvalue weighted by atomic mass is 32.1. The Bertz CT molecular complexity index is 522. The summed E-state index contributed by atoms with van der Waals surface area (Å²) in [6.45, 7) is 7.64. The molecule has 2 aromatic heterocycles. The minimum absolute atomic E-state index is 0.581. The second kappa shape index (κ2) is 5.14. The van der Waals surface area contributed by atoms with Gasteiger partial charge in [0.25, 0.3) is 0 Å². The van der Waals surface area contributed by atoms with Gasteiger partial charge < -0.3 is 0 Å². The number of thiophene rings is 1. The van der Waals surface area contributed by atoms with Gasteiger partial charge in [0.15, 0.2) is 10.6 Å². The van der Waals surface area contributed by atoms with Crippen LogP contribution in [-0.2, 0) is 6.54 Å². The van der Waals surface area contributed by atoms with Gasteiger partial charge >= 0.3 is 0 Å². The van der Waals surface area contributed by atoms with E-state index >= 15 is 0 Å². The van der Waals surface area contributed by atoms with E-state index in [9.17, 15) is 0 Å². The lowest BCUT2D eigenvalue weighted by molar-refractivity contribution is 0.364. The number of rotatable bonds is 4. The highest BCUT2D eigenvalue weighted by Gasteiger charge is 2.14. The maximum absolute atomic E-state index is 5.30. The van der Waals surface area contributed by atoms with Gasteiger partial charge in [0.05, 0.1) is 4.88 Å². The third kappa shape index (κ3) is 2.66. The van der Waals surface area contributed by atoms with E-state index in [0.717, 1.165) is 17.2 Å². The Kier molecular flexibility index (Phi) is 3.79. The maximum Gasteiger partial charge on any atom is 0.195 e. The summed E-state index contributed by atoms with van der Waals surface area (Å²) in [6.07, 6.45) is 0. The van der Waals surface area contributed by atoms with E-state index in [4.69, 9.17) is 12.2 Å². The quantitative estimate of drug-likeness (QED) is 0.851. The summed E-state index contributed by atoms with van der Waals surface area (Å²) >= 11 is 6.99. The normalized spacial score (nSPS) is 13.2. The van der Waals surface area contributed by atoms with Gasteiger partial charge in [-0.3, -0.25) is 9.67 Å². The fraction of sp³-hybridized carbons (Fsp3) is 0.500. The summed E-state index contributed by atoms with van der Waals surface area (Å²) in [4.78, 5) is 1.16. The Hall–Kier alpha value is -0.940. The van der Waals surface area contributed by atoms with Gasteiger partial charge in [0.1, 0.15) is 0 Å². The minimum atomic E-state index is 0.581. The molecule has 0 amide bonds. The van der Waals surface area contributed by atoms with Crippen LogP contribution in [0.15, 0.2) is 17.5 Å². The Balaban J connectivity index is 2.34. The lowest BCUT2D eigenvalue weighted by Gasteiger charge is -2.16. The molecule has 1 atom stereocenters. The first-order chi connectivity index (χ1) is 8.09. The van der Waals surface area contributed by atoms with Crippen LogP contribution in [0.25, 0.3) is 10.7 Å². The molecule has 5 heteroatoms. The standard InChI is InChI=1S/C12H17N3S2/c1-8(2)9(3)7-15-11(13-14-12(15)16)10-5-4-6-17-10/h4-6,8-9H,7H2,1-3H3,(H,14,16). The second-order valence-electron chi connectivity index (χ2n) is 4.66. The van der Waals surface area contributed by atoms with E-state index in [0.29, 0.717) is 16.6 Å². The molecule has 0 spiro atoms. The molecule has 0 aliphatic carbocycles. The number of aromatic nitrogens is 3. The van der Waals surface area contributed by atoms with Gasteiger partial charge in [0, 0.05) is 6.54 Å². The molecule has 0 radical (unpaired) electrons. The highest BCUT2D eigenvalue weighted by molar-refractivity contribution is 7.71. The first-order valence-electron chi connectivity index (χ1n) is 5.78. The maximum atomic E-state index is 5.30. The van der Waals surface area contributed by atoms with Crippen molar-refractivity contribution in [2.45, 2.75) is 27.3 Å². The lowest BCUT2D eigenvalue weighted by Crippen LogP contribution is -2.14. The van der Waals surface area contributed by atoms with Gasteiger partial charge in [-0.25, -0.2) is 0 Å². The molecule has 92 valence electrons. The van der Waals surface area contributed by atoms with Crippen LogP contribution >= 0.6 is 23.6 Å². The van der Waals surface area contributed by atoms with Crippen LogP contribution in [0.2, 0.25) is 0 Å². The van der Waals surface area contributed by atoms with Gasteiger partial charge in [-0.15, -0.1) is 11.3 Å². The average Bonchev–Trinajstić information content (AvgIpc) is 2.89. The predicted octanol–water partition coefficient (Wildman–Crippen LogP) is 3.96. The van der Waals surface area contributed by atoms with Gasteiger partial charge in [0.2, 0.25) is 0 Å². The van der Waals surface area contributed by atoms with Crippen molar-refractivity contribution in [3.8, 4) is 10.7 Å². The van der Waals surface area contributed by atoms with Gasteiger partial charge in [-0.1, -0.05) is 26.8 Å². The van der Waals surface area contributed by atoms with Crippen molar-refractivity contribution in [2.75, 3.05) is 0 Å². The molecule has 3 nitrogen and oxygen atoms in total. The third-order valence-corrected chi connectivity index (χ3v) is 4.29. The van der Waals surface area contributed by atoms with Crippen LogP contribution < -0.4 is 0 Å². The molecule has 17 heavy (non-hydrogen) atoms. The second-order valence-corrected chi connectivity index (χ2v) is 6.00. The van der Waals surface area contributed by atoms with Crippen molar-refractivity contribution in [1.82, 2.24) is 14.8 Å². The number of hydrogen-bond acceptors (Lipinski definition) is 3. The number of aromatic amines is 1. The fourth-order valence-electron chi connectivity index (χ4n) is 1.58. The number of nitrogens with one attached hydrogen (secondary N) is 1. The zero-order valence-electron chi connectivity index (χ0n) is 10.3. The summed E-state index contributed by atoms with van der Waals surface area (Å²) in [5.74, 6) is 2.18. The molecule has 2 aromatic rings. The largest absolute Gasteiger partial charge is 0.299 e. The van der Waals surface area contributed by atoms with Crippen LogP contribution in [-0.4, -0.2) is 14.8 Å². The summed E-state index contributed by atoms with van der Waals surface area (Å²) in [6, 6.07) is 4.11. The summed E-state index contributed by atoms with van der Waals surface area (Å²) in [7, 11) is 0. The molecule has 2 heterocycles. The van der Waals surface area contributed by atoms with Crippen molar-refractivity contribution in [3.63, 3.8) is 0 Å². The van der Waals surface area contributed by atoms with Crippen molar-refractivity contribution in [1.29, 1.82) is 0 Å². The first kappa shape index (κ1) is 12.5. The zero-order chi connectivity index (χ0) is 12.4. The van der Waals surface area contributed by atoms with E-state index in [1.807, 2.05) is 6.07 Å². The first-order valence-corrected chi connectivity index (χ1v) is 7.07. The predicted molar refractivity (Wildman–Crippen MR) is 74.7 cm³/mol.